The van der Waals surface area contributed by atoms with Gasteiger partial charge in [-0.05, 0) is 88.5 Å². The molecule has 0 atom stereocenters. The normalized spacial score (nSPS) is 13.3. The quantitative estimate of drug-likeness (QED) is 0.181. The van der Waals surface area contributed by atoms with E-state index in [9.17, 15) is 0 Å². The Hall–Kier alpha value is -5.74. The van der Waals surface area contributed by atoms with E-state index in [-0.39, 0.29) is 6.85 Å². The van der Waals surface area contributed by atoms with Crippen molar-refractivity contribution in [1.29, 1.82) is 0 Å². The van der Waals surface area contributed by atoms with Crippen LogP contribution in [0, 0.1) is 6.92 Å². The number of furan rings is 1. The van der Waals surface area contributed by atoms with E-state index >= 15 is 0 Å². The highest BCUT2D eigenvalue weighted by atomic mass is 16.3. The lowest BCUT2D eigenvalue weighted by Gasteiger charge is -2.41. The van der Waals surface area contributed by atoms with Crippen LogP contribution < -0.4 is 15.8 Å². The summed E-state index contributed by atoms with van der Waals surface area (Å²) in [5.41, 5.74) is 16.0. The van der Waals surface area contributed by atoms with Crippen molar-refractivity contribution in [2.75, 3.05) is 4.90 Å². The molecule has 232 valence electrons. The Morgan fingerprint density at radius 3 is 2.33 bits per heavy atom. The van der Waals surface area contributed by atoms with Crippen molar-refractivity contribution >= 4 is 89.4 Å². The SMILES string of the molecule is CCCCc1cc(C)cc(N2c3cc4ccccc4cc3B3c4c2cc2oc5ccccc5c2c4-c2cccc4c5ccccc5n3c24)c1. The van der Waals surface area contributed by atoms with Gasteiger partial charge in [-0.1, -0.05) is 104 Å². The van der Waals surface area contributed by atoms with Crippen LogP contribution in [0.25, 0.3) is 65.6 Å². The van der Waals surface area contributed by atoms with Crippen molar-refractivity contribution in [2.24, 2.45) is 0 Å². The predicted molar refractivity (Wildman–Crippen MR) is 208 cm³/mol. The third kappa shape index (κ3) is 3.64. The van der Waals surface area contributed by atoms with Gasteiger partial charge in [0, 0.05) is 61.3 Å². The lowest BCUT2D eigenvalue weighted by atomic mass is 9.44. The molecule has 4 heteroatoms. The summed E-state index contributed by atoms with van der Waals surface area (Å²) >= 11 is 0. The number of anilines is 3. The molecule has 7 aromatic carbocycles. The number of hydrogen-bond acceptors (Lipinski definition) is 2. The molecule has 0 amide bonds. The van der Waals surface area contributed by atoms with Gasteiger partial charge in [-0.15, -0.1) is 0 Å². The predicted octanol–water partition coefficient (Wildman–Crippen LogP) is 10.9. The third-order valence-electron chi connectivity index (χ3n) is 11.1. The first-order chi connectivity index (χ1) is 24.2. The standard InChI is InChI=1S/C45H33BN2O/c1-3-4-12-28-21-27(2)22-31(23-28)47-38-25-30-14-6-5-13-29(30)24-36(38)46-44-39(47)26-41-42(34-16-8-10-20-40(34)49-41)43(44)35-18-11-17-33-32-15-7-9-19-37(32)48(46)45(33)35/h5-11,13-26H,3-4,12H2,1-2H3. The molecule has 0 radical (unpaired) electrons. The first-order valence-corrected chi connectivity index (χ1v) is 17.6. The highest BCUT2D eigenvalue weighted by Gasteiger charge is 2.44. The van der Waals surface area contributed by atoms with E-state index < -0.39 is 0 Å². The first-order valence-electron chi connectivity index (χ1n) is 17.6. The van der Waals surface area contributed by atoms with Gasteiger partial charge < -0.3 is 13.8 Å². The Bertz CT molecular complexity index is 2860. The summed E-state index contributed by atoms with van der Waals surface area (Å²) in [5, 5.41) is 7.49. The minimum atomic E-state index is -0.0133. The molecule has 0 fully saturated rings. The molecule has 0 aliphatic carbocycles. The maximum absolute atomic E-state index is 6.77. The zero-order chi connectivity index (χ0) is 32.4. The molecule has 0 spiro atoms. The number of para-hydroxylation sites is 3. The Kier molecular flexibility index (Phi) is 5.50. The lowest BCUT2D eigenvalue weighted by Crippen LogP contribution is -2.56. The van der Waals surface area contributed by atoms with Gasteiger partial charge in [0.05, 0.1) is 0 Å². The fourth-order valence-electron chi connectivity index (χ4n) is 9.14. The van der Waals surface area contributed by atoms with Crippen LogP contribution >= 0.6 is 0 Å². The number of unbranched alkanes of at least 4 members (excludes halogenated alkanes) is 1. The van der Waals surface area contributed by atoms with Crippen LogP contribution in [0.2, 0.25) is 0 Å². The second-order valence-electron chi connectivity index (χ2n) is 14.0. The number of aryl methyl sites for hydroxylation is 2. The molecule has 2 aliphatic rings. The molecule has 9 aromatic rings. The van der Waals surface area contributed by atoms with Crippen molar-refractivity contribution in [3.05, 3.63) is 139 Å². The molecular weight excluding hydrogens is 595 g/mol. The van der Waals surface area contributed by atoms with Crippen LogP contribution in [0.15, 0.2) is 132 Å². The highest BCUT2D eigenvalue weighted by Crippen LogP contribution is 2.49. The number of benzene rings is 7. The second-order valence-corrected chi connectivity index (χ2v) is 14.0. The number of hydrogen-bond donors (Lipinski definition) is 0. The molecule has 3 nitrogen and oxygen atoms in total. The van der Waals surface area contributed by atoms with E-state index in [1.807, 2.05) is 0 Å². The Balaban J connectivity index is 1.36. The molecule has 0 saturated heterocycles. The van der Waals surface area contributed by atoms with Crippen LogP contribution in [0.5, 0.6) is 0 Å². The van der Waals surface area contributed by atoms with Gasteiger partial charge in [0.1, 0.15) is 11.2 Å². The van der Waals surface area contributed by atoms with Gasteiger partial charge in [-0.2, -0.15) is 0 Å². The van der Waals surface area contributed by atoms with Crippen LogP contribution in [0.4, 0.5) is 17.1 Å². The van der Waals surface area contributed by atoms with Crippen LogP contribution in [0.3, 0.4) is 0 Å². The van der Waals surface area contributed by atoms with Crippen molar-refractivity contribution < 1.29 is 4.42 Å². The summed E-state index contributed by atoms with van der Waals surface area (Å²) in [6.07, 6.45) is 3.44. The first kappa shape index (κ1) is 27.2. The Morgan fingerprint density at radius 2 is 1.45 bits per heavy atom. The zero-order valence-corrected chi connectivity index (χ0v) is 27.6. The average molecular weight is 629 g/mol. The molecular formula is C45H33BN2O. The van der Waals surface area contributed by atoms with Crippen LogP contribution in [0.1, 0.15) is 30.9 Å². The van der Waals surface area contributed by atoms with E-state index in [1.54, 1.807) is 0 Å². The summed E-state index contributed by atoms with van der Waals surface area (Å²) in [6, 6.07) is 47.6. The summed E-state index contributed by atoms with van der Waals surface area (Å²) < 4.78 is 9.42. The van der Waals surface area contributed by atoms with Gasteiger partial charge in [-0.25, -0.2) is 0 Å². The molecule has 0 saturated carbocycles. The summed E-state index contributed by atoms with van der Waals surface area (Å²) in [5.74, 6) is 0. The molecule has 0 bridgehead atoms. The van der Waals surface area contributed by atoms with Crippen molar-refractivity contribution in [3.63, 3.8) is 0 Å². The minimum Gasteiger partial charge on any atom is -0.456 e. The van der Waals surface area contributed by atoms with Crippen LogP contribution in [-0.4, -0.2) is 11.3 Å². The number of aromatic nitrogens is 1. The van der Waals surface area contributed by atoms with E-state index in [1.165, 1.54) is 106 Å². The minimum absolute atomic E-state index is 0.0133. The third-order valence-corrected chi connectivity index (χ3v) is 11.1. The second kappa shape index (κ2) is 9.90. The van der Waals surface area contributed by atoms with Gasteiger partial charge in [-0.3, -0.25) is 0 Å². The molecule has 4 heterocycles. The van der Waals surface area contributed by atoms with Gasteiger partial charge in [0.2, 0.25) is 0 Å². The summed E-state index contributed by atoms with van der Waals surface area (Å²) in [7, 11) is 0. The van der Waals surface area contributed by atoms with Crippen molar-refractivity contribution in [3.8, 4) is 11.1 Å². The molecule has 2 aromatic heterocycles. The maximum atomic E-state index is 6.77. The van der Waals surface area contributed by atoms with Crippen molar-refractivity contribution in [1.82, 2.24) is 4.48 Å². The number of nitrogens with zero attached hydrogens (tertiary/aromatic N) is 2. The van der Waals surface area contributed by atoms with E-state index in [0.717, 1.165) is 17.6 Å². The smallest absolute Gasteiger partial charge is 0.333 e. The molecule has 11 rings (SSSR count). The fraction of sp³-hybridized carbons (Fsp3) is 0.111. The Morgan fingerprint density at radius 1 is 0.673 bits per heavy atom. The Labute approximate surface area is 285 Å². The van der Waals surface area contributed by atoms with Crippen LogP contribution in [-0.2, 0) is 6.42 Å². The highest BCUT2D eigenvalue weighted by molar-refractivity contribution is 6.90. The average Bonchev–Trinajstić information content (AvgIpc) is 3.67. The van der Waals surface area contributed by atoms with E-state index in [0.29, 0.717) is 0 Å². The van der Waals surface area contributed by atoms with Gasteiger partial charge >= 0.3 is 6.85 Å². The topological polar surface area (TPSA) is 21.3 Å². The van der Waals surface area contributed by atoms with Gasteiger partial charge in [0.25, 0.3) is 0 Å². The molecule has 0 unspecified atom stereocenters. The molecule has 2 aliphatic heterocycles. The van der Waals surface area contributed by atoms with Crippen molar-refractivity contribution in [2.45, 2.75) is 33.1 Å². The number of fused-ring (bicyclic) bond motifs is 12. The summed E-state index contributed by atoms with van der Waals surface area (Å²) in [6.45, 7) is 4.50. The lowest BCUT2D eigenvalue weighted by molar-refractivity contribution is 0.669. The zero-order valence-electron chi connectivity index (χ0n) is 27.6. The molecule has 0 N–H and O–H groups in total. The van der Waals surface area contributed by atoms with Gasteiger partial charge in [0.15, 0.2) is 0 Å². The number of rotatable bonds is 4. The summed E-state index contributed by atoms with van der Waals surface area (Å²) in [4.78, 5) is 2.54. The fourth-order valence-corrected chi connectivity index (χ4v) is 9.14. The largest absolute Gasteiger partial charge is 0.456 e. The monoisotopic (exact) mass is 628 g/mol. The van der Waals surface area contributed by atoms with E-state index in [2.05, 4.69) is 151 Å². The maximum Gasteiger partial charge on any atom is 0.333 e. The van der Waals surface area contributed by atoms with E-state index in [4.69, 9.17) is 4.42 Å². The molecule has 49 heavy (non-hydrogen) atoms.